The van der Waals surface area contributed by atoms with Gasteiger partial charge in [0.1, 0.15) is 4.83 Å². The van der Waals surface area contributed by atoms with Gasteiger partial charge < -0.3 is 14.5 Å². The molecule has 112 valence electrons. The summed E-state index contributed by atoms with van der Waals surface area (Å²) in [7, 11) is 0. The molecule has 2 heterocycles. The molecule has 0 radical (unpaired) electrons. The third kappa shape index (κ3) is 3.27. The molecule has 7 nitrogen and oxygen atoms in total. The van der Waals surface area contributed by atoms with Gasteiger partial charge in [0.15, 0.2) is 0 Å². The first-order valence-corrected chi connectivity index (χ1v) is 7.27. The summed E-state index contributed by atoms with van der Waals surface area (Å²) in [6.45, 7) is 3.85. The molecule has 0 saturated carbocycles. The summed E-state index contributed by atoms with van der Waals surface area (Å²) in [5.74, 6) is -1.23. The zero-order chi connectivity index (χ0) is 15.4. The predicted molar refractivity (Wildman–Crippen MR) is 76.5 cm³/mol. The van der Waals surface area contributed by atoms with Gasteiger partial charge in [-0.3, -0.25) is 9.59 Å². The van der Waals surface area contributed by atoms with E-state index in [-0.39, 0.29) is 25.5 Å². The first-order valence-electron chi connectivity index (χ1n) is 6.40. The molecule has 2 rings (SSSR count). The van der Waals surface area contributed by atoms with Crippen molar-refractivity contribution in [1.82, 2.24) is 9.97 Å². The third-order valence-corrected chi connectivity index (χ3v) is 3.55. The summed E-state index contributed by atoms with van der Waals surface area (Å²) in [6, 6.07) is 0. The average Bonchev–Trinajstić information content (AvgIpc) is 2.82. The van der Waals surface area contributed by atoms with Crippen LogP contribution < -0.4 is 5.56 Å². The minimum atomic E-state index is -0.683. The summed E-state index contributed by atoms with van der Waals surface area (Å²) in [5, 5.41) is 1.97. The Morgan fingerprint density at radius 2 is 2.00 bits per heavy atom. The molecule has 0 spiro atoms. The number of nitrogens with one attached hydrogen (secondary N) is 1. The van der Waals surface area contributed by atoms with Crippen molar-refractivity contribution in [3.63, 3.8) is 0 Å². The van der Waals surface area contributed by atoms with Crippen LogP contribution >= 0.6 is 11.3 Å². The van der Waals surface area contributed by atoms with Crippen molar-refractivity contribution in [3.8, 4) is 0 Å². The van der Waals surface area contributed by atoms with Crippen LogP contribution in [0.3, 0.4) is 0 Å². The lowest BCUT2D eigenvalue weighted by molar-refractivity contribution is -0.142. The van der Waals surface area contributed by atoms with Crippen molar-refractivity contribution < 1.29 is 19.1 Å². The van der Waals surface area contributed by atoms with Gasteiger partial charge in [-0.1, -0.05) is 0 Å². The maximum atomic E-state index is 12.1. The molecular weight excluding hydrogens is 296 g/mol. The maximum absolute atomic E-state index is 12.1. The van der Waals surface area contributed by atoms with E-state index in [4.69, 9.17) is 9.47 Å². The van der Waals surface area contributed by atoms with Gasteiger partial charge in [-0.25, -0.2) is 9.78 Å². The van der Waals surface area contributed by atoms with E-state index in [1.807, 2.05) is 0 Å². The molecule has 2 aromatic heterocycles. The molecule has 0 saturated heterocycles. The Kier molecular flexibility index (Phi) is 4.69. The second-order valence-electron chi connectivity index (χ2n) is 4.06. The van der Waals surface area contributed by atoms with Crippen molar-refractivity contribution in [1.29, 1.82) is 0 Å². The van der Waals surface area contributed by atoms with E-state index >= 15 is 0 Å². The SMILES string of the molecule is CCOC(=O)Cc1csc2nc(C(=O)OCC)[nH]c(=O)c12. The highest BCUT2D eigenvalue weighted by Crippen LogP contribution is 2.21. The van der Waals surface area contributed by atoms with E-state index in [0.29, 0.717) is 15.8 Å². The molecule has 0 aliphatic rings. The first kappa shape index (κ1) is 15.2. The summed E-state index contributed by atoms with van der Waals surface area (Å²) < 4.78 is 9.65. The summed E-state index contributed by atoms with van der Waals surface area (Å²) >= 11 is 1.19. The number of aromatic nitrogens is 2. The highest BCUT2D eigenvalue weighted by molar-refractivity contribution is 7.16. The number of rotatable bonds is 5. The number of nitrogens with zero attached hydrogens (tertiary/aromatic N) is 1. The largest absolute Gasteiger partial charge is 0.466 e. The zero-order valence-corrected chi connectivity index (χ0v) is 12.4. The van der Waals surface area contributed by atoms with Gasteiger partial charge in [0.25, 0.3) is 5.56 Å². The van der Waals surface area contributed by atoms with Crippen LogP contribution in [0.4, 0.5) is 0 Å². The normalized spacial score (nSPS) is 10.6. The van der Waals surface area contributed by atoms with E-state index < -0.39 is 17.5 Å². The van der Waals surface area contributed by atoms with Crippen LogP contribution in [0, 0.1) is 0 Å². The van der Waals surface area contributed by atoms with Crippen molar-refractivity contribution in [2.75, 3.05) is 13.2 Å². The summed E-state index contributed by atoms with van der Waals surface area (Å²) in [6.07, 6.45) is -0.00263. The molecule has 0 amide bonds. The highest BCUT2D eigenvalue weighted by Gasteiger charge is 2.17. The van der Waals surface area contributed by atoms with Crippen LogP contribution in [-0.2, 0) is 20.7 Å². The Bertz CT molecular complexity index is 734. The highest BCUT2D eigenvalue weighted by atomic mass is 32.1. The second kappa shape index (κ2) is 6.49. The van der Waals surface area contributed by atoms with Crippen LogP contribution in [0.5, 0.6) is 0 Å². The van der Waals surface area contributed by atoms with E-state index in [9.17, 15) is 14.4 Å². The molecule has 0 aliphatic heterocycles. The van der Waals surface area contributed by atoms with E-state index in [2.05, 4.69) is 9.97 Å². The van der Waals surface area contributed by atoms with Gasteiger partial charge >= 0.3 is 11.9 Å². The molecule has 0 aromatic carbocycles. The van der Waals surface area contributed by atoms with Crippen molar-refractivity contribution >= 4 is 33.5 Å². The zero-order valence-electron chi connectivity index (χ0n) is 11.6. The molecule has 0 unspecified atom stereocenters. The van der Waals surface area contributed by atoms with Crippen LogP contribution in [0.25, 0.3) is 10.2 Å². The van der Waals surface area contributed by atoms with Gasteiger partial charge in [0.05, 0.1) is 25.0 Å². The second-order valence-corrected chi connectivity index (χ2v) is 4.92. The van der Waals surface area contributed by atoms with Crippen LogP contribution in [-0.4, -0.2) is 35.1 Å². The fourth-order valence-electron chi connectivity index (χ4n) is 1.80. The smallest absolute Gasteiger partial charge is 0.374 e. The standard InChI is InChI=1S/C13H14N2O5S/c1-3-19-8(16)5-7-6-21-12-9(7)11(17)14-10(15-12)13(18)20-4-2/h6H,3-5H2,1-2H3,(H,14,15,17). The minimum absolute atomic E-state index is 0.00263. The first-order chi connectivity index (χ1) is 10.1. The van der Waals surface area contributed by atoms with Gasteiger partial charge in [0.2, 0.25) is 5.82 Å². The summed E-state index contributed by atoms with van der Waals surface area (Å²) in [4.78, 5) is 42.0. The topological polar surface area (TPSA) is 98.3 Å². The van der Waals surface area contributed by atoms with E-state index in [1.165, 1.54) is 11.3 Å². The monoisotopic (exact) mass is 310 g/mol. The average molecular weight is 310 g/mol. The maximum Gasteiger partial charge on any atom is 0.374 e. The Morgan fingerprint density at radius 3 is 2.67 bits per heavy atom. The Hall–Kier alpha value is -2.22. The number of thiophene rings is 1. The molecule has 8 heteroatoms. The molecule has 0 bridgehead atoms. The molecular formula is C13H14N2O5S. The summed E-state index contributed by atoms with van der Waals surface area (Å²) in [5.41, 5.74) is 0.0706. The van der Waals surface area contributed by atoms with E-state index in [0.717, 1.165) is 0 Å². The fraction of sp³-hybridized carbons (Fsp3) is 0.385. The number of hydrogen-bond donors (Lipinski definition) is 1. The van der Waals surface area contributed by atoms with Crippen LogP contribution in [0.15, 0.2) is 10.2 Å². The molecule has 21 heavy (non-hydrogen) atoms. The minimum Gasteiger partial charge on any atom is -0.466 e. The lowest BCUT2D eigenvalue weighted by Gasteiger charge is -2.02. The van der Waals surface area contributed by atoms with Gasteiger partial charge in [-0.2, -0.15) is 0 Å². The van der Waals surface area contributed by atoms with E-state index in [1.54, 1.807) is 19.2 Å². The molecule has 0 atom stereocenters. The van der Waals surface area contributed by atoms with Gasteiger partial charge in [-0.15, -0.1) is 11.3 Å². The number of esters is 2. The van der Waals surface area contributed by atoms with Crippen molar-refractivity contribution in [2.24, 2.45) is 0 Å². The molecule has 0 aliphatic carbocycles. The van der Waals surface area contributed by atoms with Crippen LogP contribution in [0.1, 0.15) is 30.0 Å². The molecule has 1 N–H and O–H groups in total. The number of fused-ring (bicyclic) bond motifs is 1. The lowest BCUT2D eigenvalue weighted by Crippen LogP contribution is -2.18. The predicted octanol–water partition coefficient (Wildman–Crippen LogP) is 1.27. The third-order valence-electron chi connectivity index (χ3n) is 2.63. The van der Waals surface area contributed by atoms with Crippen LogP contribution in [0.2, 0.25) is 0 Å². The van der Waals surface area contributed by atoms with Gasteiger partial charge in [-0.05, 0) is 24.8 Å². The number of carbonyl (C=O) groups is 2. The number of ether oxygens (including phenoxy) is 2. The van der Waals surface area contributed by atoms with Crippen molar-refractivity contribution in [3.05, 3.63) is 27.1 Å². The molecule has 0 fully saturated rings. The van der Waals surface area contributed by atoms with Gasteiger partial charge in [0, 0.05) is 0 Å². The number of hydrogen-bond acceptors (Lipinski definition) is 7. The molecule has 2 aromatic rings. The lowest BCUT2D eigenvalue weighted by atomic mass is 10.2. The van der Waals surface area contributed by atoms with Crippen molar-refractivity contribution in [2.45, 2.75) is 20.3 Å². The number of carbonyl (C=O) groups excluding carboxylic acids is 2. The fourth-order valence-corrected chi connectivity index (χ4v) is 2.74. The number of aromatic amines is 1. The Balaban J connectivity index is 2.39. The quantitative estimate of drug-likeness (QED) is 0.835. The number of H-pyrrole nitrogens is 1. The Labute approximate surface area is 123 Å². The Morgan fingerprint density at radius 1 is 1.29 bits per heavy atom.